The van der Waals surface area contributed by atoms with E-state index in [9.17, 15) is 13.2 Å². The Morgan fingerprint density at radius 3 is 2.56 bits per heavy atom. The molecule has 3 N–H and O–H groups in total. The van der Waals surface area contributed by atoms with E-state index in [4.69, 9.17) is 11.6 Å². The highest BCUT2D eigenvalue weighted by Gasteiger charge is 2.21. The third-order valence-electron chi connectivity index (χ3n) is 5.42. The zero-order valence-corrected chi connectivity index (χ0v) is 20.7. The predicted molar refractivity (Wildman–Crippen MR) is 135 cm³/mol. The molecule has 0 aliphatic heterocycles. The fourth-order valence-corrected chi connectivity index (χ4v) is 5.92. The standard InChI is InChI=1S/C25H23N5O4S2/c1-2-18-8-10-19(11-9-18)14-22(15-24(31)28-32)30-17-21(27-29-30)16-26-36(33,34)25-13-12-23(35-25)20-6-4-3-5-7-20/h1,3-13,17,22,26,32H,14-16H2,(H,28,31)/t22-/m0/s1. The largest absolute Gasteiger partial charge is 0.289 e. The zero-order valence-electron chi connectivity index (χ0n) is 19.0. The number of terminal acetylenes is 1. The second kappa shape index (κ2) is 11.3. The Labute approximate surface area is 212 Å². The van der Waals surface area contributed by atoms with Gasteiger partial charge in [0.25, 0.3) is 0 Å². The van der Waals surface area contributed by atoms with Crippen LogP contribution >= 0.6 is 11.3 Å². The van der Waals surface area contributed by atoms with Gasteiger partial charge in [0.05, 0.1) is 30.9 Å². The Hall–Kier alpha value is -3.82. The van der Waals surface area contributed by atoms with E-state index in [2.05, 4.69) is 21.0 Å². The van der Waals surface area contributed by atoms with Crippen LogP contribution in [0.1, 0.15) is 29.3 Å². The second-order valence-corrected chi connectivity index (χ2v) is 11.0. The minimum Gasteiger partial charge on any atom is -0.289 e. The van der Waals surface area contributed by atoms with E-state index in [0.29, 0.717) is 12.1 Å². The molecule has 0 saturated carbocycles. The third-order valence-corrected chi connectivity index (χ3v) is 8.44. The van der Waals surface area contributed by atoms with Gasteiger partial charge in [0.15, 0.2) is 0 Å². The molecule has 0 saturated heterocycles. The minimum atomic E-state index is -3.76. The van der Waals surface area contributed by atoms with Gasteiger partial charge in [-0.3, -0.25) is 10.0 Å². The summed E-state index contributed by atoms with van der Waals surface area (Å²) in [7, 11) is -3.76. The Bertz CT molecular complexity index is 1470. The number of nitrogens with one attached hydrogen (secondary N) is 2. The number of amides is 1. The number of hydrogen-bond donors (Lipinski definition) is 3. The van der Waals surface area contributed by atoms with Crippen molar-refractivity contribution in [2.24, 2.45) is 0 Å². The first-order valence-electron chi connectivity index (χ1n) is 10.9. The van der Waals surface area contributed by atoms with E-state index in [-0.39, 0.29) is 17.2 Å². The van der Waals surface area contributed by atoms with Gasteiger partial charge in [0.2, 0.25) is 15.9 Å². The lowest BCUT2D eigenvalue weighted by Crippen LogP contribution is -2.25. The Balaban J connectivity index is 1.45. The van der Waals surface area contributed by atoms with Crippen molar-refractivity contribution in [1.29, 1.82) is 0 Å². The van der Waals surface area contributed by atoms with Gasteiger partial charge in [0, 0.05) is 10.4 Å². The van der Waals surface area contributed by atoms with Crippen LogP contribution in [0.15, 0.2) is 77.1 Å². The number of carbonyl (C=O) groups excluding carboxylic acids is 1. The summed E-state index contributed by atoms with van der Waals surface area (Å²) >= 11 is 1.18. The summed E-state index contributed by atoms with van der Waals surface area (Å²) in [5.41, 5.74) is 4.61. The average molecular weight is 522 g/mol. The van der Waals surface area contributed by atoms with Crippen LogP contribution in [0.2, 0.25) is 0 Å². The second-order valence-electron chi connectivity index (χ2n) is 7.94. The summed E-state index contributed by atoms with van der Waals surface area (Å²) < 4.78 is 29.9. The van der Waals surface area contributed by atoms with Crippen LogP contribution in [0, 0.1) is 12.3 Å². The number of aromatic nitrogens is 3. The Kier molecular flexibility index (Phi) is 7.92. The van der Waals surface area contributed by atoms with Crippen LogP contribution in [-0.4, -0.2) is 34.5 Å². The minimum absolute atomic E-state index is 0.0562. The quantitative estimate of drug-likeness (QED) is 0.167. The van der Waals surface area contributed by atoms with Crippen molar-refractivity contribution < 1.29 is 18.4 Å². The zero-order chi connectivity index (χ0) is 25.5. The first-order valence-corrected chi connectivity index (χ1v) is 13.2. The monoisotopic (exact) mass is 521 g/mol. The number of hydroxylamine groups is 1. The van der Waals surface area contributed by atoms with Crippen LogP contribution in [0.3, 0.4) is 0 Å². The summed E-state index contributed by atoms with van der Waals surface area (Å²) in [4.78, 5) is 12.7. The van der Waals surface area contributed by atoms with Gasteiger partial charge in [-0.25, -0.2) is 23.3 Å². The van der Waals surface area contributed by atoms with Crippen LogP contribution < -0.4 is 10.2 Å². The van der Waals surface area contributed by atoms with Gasteiger partial charge in [0.1, 0.15) is 4.21 Å². The van der Waals surface area contributed by atoms with Crippen LogP contribution in [0.4, 0.5) is 0 Å². The summed E-state index contributed by atoms with van der Waals surface area (Å²) in [6, 6.07) is 19.7. The normalized spacial score (nSPS) is 12.1. The van der Waals surface area contributed by atoms with Crippen molar-refractivity contribution in [3.8, 4) is 22.8 Å². The molecule has 2 heterocycles. The number of carbonyl (C=O) groups is 1. The van der Waals surface area contributed by atoms with Gasteiger partial charge < -0.3 is 0 Å². The predicted octanol–water partition coefficient (Wildman–Crippen LogP) is 3.15. The molecular formula is C25H23N5O4S2. The molecule has 9 nitrogen and oxygen atoms in total. The first kappa shape index (κ1) is 25.3. The van der Waals surface area contributed by atoms with E-state index < -0.39 is 22.0 Å². The highest BCUT2D eigenvalue weighted by molar-refractivity contribution is 7.91. The van der Waals surface area contributed by atoms with Gasteiger partial charge in [-0.05, 0) is 41.8 Å². The molecule has 0 aliphatic carbocycles. The fourth-order valence-electron chi connectivity index (χ4n) is 3.56. The average Bonchev–Trinajstić information content (AvgIpc) is 3.59. The van der Waals surface area contributed by atoms with Gasteiger partial charge in [-0.1, -0.05) is 53.6 Å². The molecule has 0 unspecified atom stereocenters. The SMILES string of the molecule is C#Cc1ccc(C[C@@H](CC(=O)NO)n2cc(CNS(=O)(=O)c3ccc(-c4ccccc4)s3)nn2)cc1. The molecule has 4 rings (SSSR count). The van der Waals surface area contributed by atoms with Gasteiger partial charge >= 0.3 is 0 Å². The molecule has 184 valence electrons. The van der Waals surface area contributed by atoms with Crippen molar-refractivity contribution in [2.45, 2.75) is 29.6 Å². The van der Waals surface area contributed by atoms with Gasteiger partial charge in [-0.15, -0.1) is 22.9 Å². The van der Waals surface area contributed by atoms with Crippen molar-refractivity contribution in [3.05, 3.63) is 89.7 Å². The van der Waals surface area contributed by atoms with Crippen molar-refractivity contribution >= 4 is 27.3 Å². The van der Waals surface area contributed by atoms with E-state index >= 15 is 0 Å². The number of benzene rings is 2. The van der Waals surface area contributed by atoms with Crippen molar-refractivity contribution in [3.63, 3.8) is 0 Å². The lowest BCUT2D eigenvalue weighted by molar-refractivity contribution is -0.130. The van der Waals surface area contributed by atoms with Crippen molar-refractivity contribution in [2.75, 3.05) is 0 Å². The van der Waals surface area contributed by atoms with Gasteiger partial charge in [-0.2, -0.15) is 0 Å². The number of hydrogen-bond acceptors (Lipinski definition) is 7. The molecule has 1 amide bonds. The Morgan fingerprint density at radius 2 is 1.86 bits per heavy atom. The maximum Gasteiger partial charge on any atom is 0.250 e. The molecule has 1 atom stereocenters. The number of nitrogens with zero attached hydrogens (tertiary/aromatic N) is 3. The summed E-state index contributed by atoms with van der Waals surface area (Å²) in [6.45, 7) is -0.0727. The topological polar surface area (TPSA) is 126 Å². The molecule has 2 aromatic heterocycles. The molecule has 0 radical (unpaired) electrons. The highest BCUT2D eigenvalue weighted by Crippen LogP contribution is 2.30. The van der Waals surface area contributed by atoms with Crippen LogP contribution in [0.25, 0.3) is 10.4 Å². The smallest absolute Gasteiger partial charge is 0.250 e. The van der Waals surface area contributed by atoms with Crippen LogP contribution in [-0.2, 0) is 27.8 Å². The molecular weight excluding hydrogens is 498 g/mol. The summed E-state index contributed by atoms with van der Waals surface area (Å²) in [6.07, 6.45) is 7.35. The maximum atomic E-state index is 12.8. The molecule has 11 heteroatoms. The molecule has 0 fully saturated rings. The lowest BCUT2D eigenvalue weighted by Gasteiger charge is -2.16. The molecule has 0 aliphatic rings. The summed E-state index contributed by atoms with van der Waals surface area (Å²) in [5, 5.41) is 17.1. The van der Waals surface area contributed by atoms with E-state index in [1.165, 1.54) is 16.0 Å². The van der Waals surface area contributed by atoms with Crippen LogP contribution in [0.5, 0.6) is 0 Å². The molecule has 4 aromatic rings. The number of sulfonamides is 1. The van der Waals surface area contributed by atoms with E-state index in [1.807, 2.05) is 42.5 Å². The van der Waals surface area contributed by atoms with E-state index in [0.717, 1.165) is 21.6 Å². The number of thiophene rings is 1. The fraction of sp³-hybridized carbons (Fsp3) is 0.160. The lowest BCUT2D eigenvalue weighted by atomic mass is 10.0. The Morgan fingerprint density at radius 1 is 1.11 bits per heavy atom. The highest BCUT2D eigenvalue weighted by atomic mass is 32.2. The third kappa shape index (κ3) is 6.24. The molecule has 0 bridgehead atoms. The maximum absolute atomic E-state index is 12.8. The number of rotatable bonds is 10. The molecule has 2 aromatic carbocycles. The molecule has 0 spiro atoms. The summed E-state index contributed by atoms with van der Waals surface area (Å²) in [5.74, 6) is 1.97. The molecule has 36 heavy (non-hydrogen) atoms. The van der Waals surface area contributed by atoms with E-state index in [1.54, 1.807) is 35.9 Å². The first-order chi connectivity index (χ1) is 17.4. The van der Waals surface area contributed by atoms with Crippen molar-refractivity contribution in [1.82, 2.24) is 25.2 Å².